The summed E-state index contributed by atoms with van der Waals surface area (Å²) in [5.74, 6) is -2.81. The van der Waals surface area contributed by atoms with Gasteiger partial charge < -0.3 is 20.4 Å². The molecule has 0 spiro atoms. The van der Waals surface area contributed by atoms with Gasteiger partial charge in [0.1, 0.15) is 11.8 Å². The van der Waals surface area contributed by atoms with Gasteiger partial charge in [-0.25, -0.2) is 14.6 Å². The zero-order valence-corrected chi connectivity index (χ0v) is 7.94. The van der Waals surface area contributed by atoms with Crippen LogP contribution in [0.4, 0.5) is 0 Å². The first kappa shape index (κ1) is 12.1. The van der Waals surface area contributed by atoms with Crippen LogP contribution in [0.15, 0.2) is 18.3 Å². The van der Waals surface area contributed by atoms with Crippen LogP contribution < -0.4 is 0 Å². The molecular weight excluding hydrogens is 218 g/mol. The van der Waals surface area contributed by atoms with Crippen LogP contribution in [0.1, 0.15) is 22.2 Å². The molecule has 1 aromatic heterocycles. The molecule has 0 bridgehead atoms. The Balaban J connectivity index is 2.89. The van der Waals surface area contributed by atoms with E-state index in [4.69, 9.17) is 15.3 Å². The minimum Gasteiger partial charge on any atom is -0.479 e. The van der Waals surface area contributed by atoms with Crippen molar-refractivity contribution in [2.75, 3.05) is 0 Å². The SMILES string of the molecule is O=C(O)c1ccc(C(O)C(O)C(=O)O)cn1. The van der Waals surface area contributed by atoms with Crippen molar-refractivity contribution in [1.29, 1.82) is 0 Å². The van der Waals surface area contributed by atoms with Crippen LogP contribution in [0.25, 0.3) is 0 Å². The summed E-state index contributed by atoms with van der Waals surface area (Å²) in [6.07, 6.45) is -2.62. The highest BCUT2D eigenvalue weighted by Crippen LogP contribution is 2.16. The van der Waals surface area contributed by atoms with E-state index >= 15 is 0 Å². The van der Waals surface area contributed by atoms with Crippen LogP contribution in [-0.4, -0.2) is 43.5 Å². The fourth-order valence-electron chi connectivity index (χ4n) is 1.02. The van der Waals surface area contributed by atoms with E-state index in [1.165, 1.54) is 6.07 Å². The molecule has 7 heteroatoms. The lowest BCUT2D eigenvalue weighted by molar-refractivity contribution is -0.153. The van der Waals surface area contributed by atoms with Crippen molar-refractivity contribution >= 4 is 11.9 Å². The van der Waals surface area contributed by atoms with E-state index < -0.39 is 24.1 Å². The number of carboxylic acid groups (broad SMARTS) is 2. The molecule has 0 aliphatic carbocycles. The Morgan fingerprint density at radius 2 is 1.81 bits per heavy atom. The molecule has 16 heavy (non-hydrogen) atoms. The Morgan fingerprint density at radius 3 is 2.19 bits per heavy atom. The van der Waals surface area contributed by atoms with Gasteiger partial charge in [-0.15, -0.1) is 0 Å². The molecule has 0 aromatic carbocycles. The van der Waals surface area contributed by atoms with Gasteiger partial charge in [0.2, 0.25) is 0 Å². The summed E-state index contributed by atoms with van der Waals surface area (Å²) in [6.45, 7) is 0. The molecule has 4 N–H and O–H groups in total. The molecule has 86 valence electrons. The number of nitrogens with zero attached hydrogens (tertiary/aromatic N) is 1. The number of hydrogen-bond donors (Lipinski definition) is 4. The van der Waals surface area contributed by atoms with Gasteiger partial charge in [-0.2, -0.15) is 0 Å². The largest absolute Gasteiger partial charge is 0.479 e. The van der Waals surface area contributed by atoms with Crippen molar-refractivity contribution in [2.24, 2.45) is 0 Å². The number of aliphatic carboxylic acids is 1. The number of aromatic carboxylic acids is 1. The number of aromatic nitrogens is 1. The summed E-state index contributed by atoms with van der Waals surface area (Å²) >= 11 is 0. The number of hydrogen-bond acceptors (Lipinski definition) is 5. The number of aliphatic hydroxyl groups is 2. The fraction of sp³-hybridized carbons (Fsp3) is 0.222. The quantitative estimate of drug-likeness (QED) is 0.533. The Bertz CT molecular complexity index is 401. The predicted octanol–water partition coefficient (Wildman–Crippen LogP) is -0.741. The molecule has 0 radical (unpaired) electrons. The Kier molecular flexibility index (Phi) is 3.54. The minimum absolute atomic E-state index is 0.0277. The Labute approximate surface area is 89.6 Å². The van der Waals surface area contributed by atoms with E-state index in [-0.39, 0.29) is 11.3 Å². The van der Waals surface area contributed by atoms with E-state index in [1.54, 1.807) is 0 Å². The van der Waals surface area contributed by atoms with Crippen molar-refractivity contribution in [3.8, 4) is 0 Å². The Hall–Kier alpha value is -1.99. The molecule has 1 heterocycles. The Morgan fingerprint density at radius 1 is 1.19 bits per heavy atom. The summed E-state index contributed by atoms with van der Waals surface area (Å²) in [5, 5.41) is 35.4. The van der Waals surface area contributed by atoms with Crippen LogP contribution in [0.5, 0.6) is 0 Å². The van der Waals surface area contributed by atoms with Crippen molar-refractivity contribution < 1.29 is 30.0 Å². The topological polar surface area (TPSA) is 128 Å². The lowest BCUT2D eigenvalue weighted by Crippen LogP contribution is -2.27. The number of carboxylic acids is 2. The summed E-state index contributed by atoms with van der Waals surface area (Å²) in [4.78, 5) is 24.3. The van der Waals surface area contributed by atoms with Crippen LogP contribution >= 0.6 is 0 Å². The van der Waals surface area contributed by atoms with Gasteiger partial charge in [-0.3, -0.25) is 0 Å². The second-order valence-corrected chi connectivity index (χ2v) is 3.01. The van der Waals surface area contributed by atoms with Crippen LogP contribution in [0.3, 0.4) is 0 Å². The van der Waals surface area contributed by atoms with Gasteiger partial charge in [0.25, 0.3) is 0 Å². The summed E-state index contributed by atoms with van der Waals surface area (Å²) < 4.78 is 0. The summed E-state index contributed by atoms with van der Waals surface area (Å²) in [6, 6.07) is 2.29. The molecule has 7 nitrogen and oxygen atoms in total. The molecule has 0 saturated carbocycles. The standard InChI is InChI=1S/C9H9NO6/c11-6(7(12)9(15)16)4-1-2-5(8(13)14)10-3-4/h1-3,6-7,11-12H,(H,13,14)(H,15,16). The zero-order chi connectivity index (χ0) is 12.3. The third kappa shape index (κ3) is 2.53. The normalized spacial score (nSPS) is 14.1. The fourth-order valence-corrected chi connectivity index (χ4v) is 1.02. The molecule has 1 rings (SSSR count). The number of rotatable bonds is 4. The van der Waals surface area contributed by atoms with Crippen molar-refractivity contribution in [1.82, 2.24) is 4.98 Å². The van der Waals surface area contributed by atoms with E-state index in [1.807, 2.05) is 0 Å². The van der Waals surface area contributed by atoms with Crippen LogP contribution in [-0.2, 0) is 4.79 Å². The first-order valence-electron chi connectivity index (χ1n) is 4.21. The second-order valence-electron chi connectivity index (χ2n) is 3.01. The van der Waals surface area contributed by atoms with Gasteiger partial charge in [-0.1, -0.05) is 6.07 Å². The highest BCUT2D eigenvalue weighted by atomic mass is 16.4. The summed E-state index contributed by atoms with van der Waals surface area (Å²) in [7, 11) is 0. The number of carbonyl (C=O) groups is 2. The van der Waals surface area contributed by atoms with E-state index in [0.29, 0.717) is 0 Å². The maximum absolute atomic E-state index is 10.5. The van der Waals surface area contributed by atoms with Crippen molar-refractivity contribution in [2.45, 2.75) is 12.2 Å². The van der Waals surface area contributed by atoms with E-state index in [0.717, 1.165) is 12.3 Å². The molecule has 2 atom stereocenters. The lowest BCUT2D eigenvalue weighted by Gasteiger charge is -2.13. The van der Waals surface area contributed by atoms with Crippen LogP contribution in [0.2, 0.25) is 0 Å². The van der Waals surface area contributed by atoms with Crippen molar-refractivity contribution in [3.05, 3.63) is 29.6 Å². The molecule has 1 aromatic rings. The predicted molar refractivity (Wildman–Crippen MR) is 49.8 cm³/mol. The monoisotopic (exact) mass is 227 g/mol. The van der Waals surface area contributed by atoms with Gasteiger partial charge in [-0.05, 0) is 6.07 Å². The van der Waals surface area contributed by atoms with Gasteiger partial charge in [0.15, 0.2) is 6.10 Å². The molecule has 0 aliphatic heterocycles. The first-order chi connectivity index (χ1) is 7.43. The van der Waals surface area contributed by atoms with Crippen molar-refractivity contribution in [3.63, 3.8) is 0 Å². The minimum atomic E-state index is -1.97. The van der Waals surface area contributed by atoms with Gasteiger partial charge in [0, 0.05) is 11.8 Å². The number of aliphatic hydroxyl groups excluding tert-OH is 2. The lowest BCUT2D eigenvalue weighted by atomic mass is 10.1. The molecule has 0 saturated heterocycles. The molecular formula is C9H9NO6. The molecule has 0 fully saturated rings. The van der Waals surface area contributed by atoms with E-state index in [2.05, 4.69) is 4.98 Å². The maximum Gasteiger partial charge on any atom is 0.354 e. The zero-order valence-electron chi connectivity index (χ0n) is 7.94. The maximum atomic E-state index is 10.5. The summed E-state index contributed by atoms with van der Waals surface area (Å²) in [5.41, 5.74) is -0.208. The molecule has 0 amide bonds. The smallest absolute Gasteiger partial charge is 0.354 e. The van der Waals surface area contributed by atoms with Gasteiger partial charge >= 0.3 is 11.9 Å². The first-order valence-corrected chi connectivity index (χ1v) is 4.21. The third-order valence-electron chi connectivity index (χ3n) is 1.90. The second kappa shape index (κ2) is 4.69. The van der Waals surface area contributed by atoms with E-state index in [9.17, 15) is 14.7 Å². The third-order valence-corrected chi connectivity index (χ3v) is 1.90. The molecule has 0 aliphatic rings. The average molecular weight is 227 g/mol. The molecule has 2 unspecified atom stereocenters. The highest BCUT2D eigenvalue weighted by Gasteiger charge is 2.25. The average Bonchev–Trinajstić information content (AvgIpc) is 2.27. The number of pyridine rings is 1. The van der Waals surface area contributed by atoms with Crippen LogP contribution in [0, 0.1) is 0 Å². The van der Waals surface area contributed by atoms with Gasteiger partial charge in [0.05, 0.1) is 0 Å². The highest BCUT2D eigenvalue weighted by molar-refractivity contribution is 5.85.